The SMILES string of the molecule is C=C1NC(=O)C(C)=CN1[C@@H]1O[C@@]2(COP(O)(=S)O[C@@H]3C4O[C@@H](C)[C@]3(COP(O)(=S)O[C@@H]3C5O[C@@H](C)[C@]3(COP(O)(=S)O[C@@H]3C[C@H](n6cc(C)c(=O)[nH]c6=O)O[C@@H]3COP(O)(=S)O[C@@H]3C[C@H](n6cc(C)c(=O)[nH]c6=O)O[C@@H]3CC)O[C@H]5n3cc(C)c(N)nc3=O)O[C@H]4n3cc(C)c(=O)[nH]c3=O)[C@H](C)OC1[C@H]2O. The fourth-order valence-corrected chi connectivity index (χ4v) is 20.3. The molecule has 9 aliphatic rings. The number of nitrogens with zero attached hydrogens (tertiary/aromatic N) is 6. The summed E-state index contributed by atoms with van der Waals surface area (Å²) < 4.78 is 105. The summed E-state index contributed by atoms with van der Waals surface area (Å²) in [4.78, 5) is 164. The number of rotatable bonds is 26. The molecule has 13 heterocycles. The molecule has 4 aromatic heterocycles. The minimum Gasteiger partial charge on any atom is -0.387 e. The van der Waals surface area contributed by atoms with Crippen LogP contribution >= 0.6 is 26.9 Å². The van der Waals surface area contributed by atoms with Crippen molar-refractivity contribution in [1.29, 1.82) is 0 Å². The molecule has 0 saturated carbocycles. The highest BCUT2D eigenvalue weighted by Gasteiger charge is 2.72. The molecule has 7 unspecified atom stereocenters. The van der Waals surface area contributed by atoms with Gasteiger partial charge in [0.15, 0.2) is 18.7 Å². The molecular weight excluding hydrogens is 1570 g/mol. The normalized spacial score (nSPS) is 36.8. The standard InChI is InChI=1S/C58H77N11O29P4S4/c1-11-32-33(12-36(90-32)66-16-25(4)46(72)62-53(66)76)95-99(79,103)83-19-35-34(13-37(91-35)67-17-26(5)47(73)63-54(67)77)96-100(80,104)85-21-57-29(8)88-39(50(93-57)68-14-23(2)44(59)61-52(68)75)42(57)98-102(82,106)86-22-58-30(9)89-40(51(94-58)69-18-27(6)48(74)64-55(69)78)43(58)97-101(81,105)84-20-56-28(7)87-38(41(56)70)49(92-56)65-15-24(3)45(71)60-31(65)10/h14-18,28-30,32-43,49-51,70H,10-13,19-22H2,1-9H3,(H,60,71)(H,79,103)(H,80,104)(H,81,105)(H,82,106)(H2,59,61,75)(H,62,72,76)(H,63,73,77)(H,64,74,78)/t28-,29-,30-,32+,33+,34+,35+,36+,37+,38?,39?,40?,41+,42+,43+,49+,50+,51+,56-,57-,58-,99?,100?,101?,102?/m0/s1. The molecule has 582 valence electrons. The van der Waals surface area contributed by atoms with Crippen LogP contribution in [-0.4, -0.2) is 203 Å². The number of aromatic amines is 3. The molecule has 40 nitrogen and oxygen atoms in total. The number of amides is 1. The number of carbonyl (C=O) groups is 1. The van der Waals surface area contributed by atoms with E-state index in [-0.39, 0.29) is 41.2 Å². The van der Waals surface area contributed by atoms with Gasteiger partial charge in [-0.05, 0) is 109 Å². The van der Waals surface area contributed by atoms with Gasteiger partial charge in [-0.1, -0.05) is 13.5 Å². The number of hydrogen-bond acceptors (Lipinski definition) is 32. The molecule has 8 fully saturated rings. The van der Waals surface area contributed by atoms with Crippen molar-refractivity contribution in [2.45, 2.75) is 209 Å². The van der Waals surface area contributed by atoms with E-state index in [9.17, 15) is 63.0 Å². The Hall–Kier alpha value is -4.77. The lowest BCUT2D eigenvalue weighted by atomic mass is 9.94. The van der Waals surface area contributed by atoms with Gasteiger partial charge in [-0.15, -0.1) is 0 Å². The van der Waals surface area contributed by atoms with E-state index in [1.807, 2.05) is 0 Å². The van der Waals surface area contributed by atoms with E-state index in [4.69, 9.17) is 127 Å². The molecule has 9 aliphatic heterocycles. The zero-order valence-electron chi connectivity index (χ0n) is 57.7. The van der Waals surface area contributed by atoms with E-state index >= 15 is 0 Å². The topological polar surface area (TPSA) is 507 Å². The average molecular weight is 1640 g/mol. The molecule has 0 aromatic carbocycles. The van der Waals surface area contributed by atoms with Crippen LogP contribution in [0.3, 0.4) is 0 Å². The van der Waals surface area contributed by atoms with Gasteiger partial charge in [0.05, 0.1) is 63.1 Å². The maximum Gasteiger partial charge on any atom is 0.351 e. The van der Waals surface area contributed by atoms with Crippen LogP contribution in [-0.2, 0) is 126 Å². The predicted octanol–water partition coefficient (Wildman–Crippen LogP) is -0.671. The second-order valence-electron chi connectivity index (χ2n) is 27.1. The molecule has 1 amide bonds. The van der Waals surface area contributed by atoms with Crippen molar-refractivity contribution in [3.8, 4) is 0 Å². The summed E-state index contributed by atoms with van der Waals surface area (Å²) in [6, 6.07) is 0. The fourth-order valence-electron chi connectivity index (χ4n) is 14.4. The molecule has 48 heteroatoms. The second-order valence-corrected chi connectivity index (χ2v) is 38.2. The molecule has 0 radical (unpaired) electrons. The molecular formula is C58H77N11O29P4S4. The Labute approximate surface area is 619 Å². The van der Waals surface area contributed by atoms with E-state index in [2.05, 4.69) is 31.8 Å². The van der Waals surface area contributed by atoms with Gasteiger partial charge in [-0.3, -0.25) is 61.4 Å². The molecule has 4 aromatic rings. The Kier molecular flexibility index (Phi) is 21.8. The van der Waals surface area contributed by atoms with Gasteiger partial charge in [0.25, 0.3) is 22.6 Å². The Morgan fingerprint density at radius 1 is 0.566 bits per heavy atom. The van der Waals surface area contributed by atoms with Crippen LogP contribution < -0.4 is 50.5 Å². The molecule has 106 heavy (non-hydrogen) atoms. The summed E-state index contributed by atoms with van der Waals surface area (Å²) in [5.41, 5.74) is -4.34. The lowest BCUT2D eigenvalue weighted by Crippen LogP contribution is -2.54. The van der Waals surface area contributed by atoms with Crippen LogP contribution in [0.2, 0.25) is 0 Å². The summed E-state index contributed by atoms with van der Waals surface area (Å²) in [5.74, 6) is -0.408. The van der Waals surface area contributed by atoms with E-state index in [1.165, 1.54) is 75.1 Å². The van der Waals surface area contributed by atoms with Gasteiger partial charge in [0.2, 0.25) is 0 Å². The Morgan fingerprint density at radius 2 is 0.972 bits per heavy atom. The highest BCUT2D eigenvalue weighted by atomic mass is 32.5. The number of nitrogens with one attached hydrogen (secondary N) is 4. The number of nitrogen functional groups attached to an aromatic ring is 1. The number of aromatic nitrogens is 8. The summed E-state index contributed by atoms with van der Waals surface area (Å²) in [5, 5.41) is 14.4. The van der Waals surface area contributed by atoms with Crippen LogP contribution in [0.15, 0.2) is 82.5 Å². The van der Waals surface area contributed by atoms with Gasteiger partial charge < -0.3 is 106 Å². The van der Waals surface area contributed by atoms with Crippen molar-refractivity contribution in [1.82, 2.24) is 48.4 Å². The zero-order valence-corrected chi connectivity index (χ0v) is 64.5. The first-order valence-electron chi connectivity index (χ1n) is 33.0. The molecule has 13 rings (SSSR count). The van der Waals surface area contributed by atoms with Crippen molar-refractivity contribution in [2.75, 3.05) is 32.2 Å². The highest BCUT2D eigenvalue weighted by Crippen LogP contribution is 2.63. The quantitative estimate of drug-likeness (QED) is 0.0349. The van der Waals surface area contributed by atoms with Crippen molar-refractivity contribution < 1.29 is 104 Å². The number of aliphatic hydroxyl groups is 1. The smallest absolute Gasteiger partial charge is 0.351 e. The monoisotopic (exact) mass is 1640 g/mol. The van der Waals surface area contributed by atoms with Gasteiger partial charge in [0.1, 0.15) is 83.6 Å². The van der Waals surface area contributed by atoms with E-state index in [1.54, 1.807) is 27.7 Å². The molecule has 25 atom stereocenters. The van der Waals surface area contributed by atoms with Gasteiger partial charge in [0, 0.05) is 71.7 Å². The Bertz CT molecular complexity index is 4910. The first-order chi connectivity index (χ1) is 49.6. The van der Waals surface area contributed by atoms with Crippen molar-refractivity contribution in [3.63, 3.8) is 0 Å². The van der Waals surface area contributed by atoms with Crippen molar-refractivity contribution in [2.24, 2.45) is 0 Å². The lowest BCUT2D eigenvalue weighted by molar-refractivity contribution is -0.222. The van der Waals surface area contributed by atoms with Crippen molar-refractivity contribution >= 4 is 85.8 Å². The Balaban J connectivity index is 0.753. The van der Waals surface area contributed by atoms with E-state index in [0.717, 1.165) is 13.7 Å². The summed E-state index contributed by atoms with van der Waals surface area (Å²) in [6.07, 6.45) is -16.0. The van der Waals surface area contributed by atoms with Crippen LogP contribution in [0.4, 0.5) is 5.82 Å². The van der Waals surface area contributed by atoms with Crippen LogP contribution in [0.5, 0.6) is 0 Å². The highest BCUT2D eigenvalue weighted by molar-refractivity contribution is 8.08. The van der Waals surface area contributed by atoms with E-state index < -0.39 is 226 Å². The predicted molar refractivity (Wildman–Crippen MR) is 378 cm³/mol. The number of ether oxygens (including phenoxy) is 8. The van der Waals surface area contributed by atoms with Crippen LogP contribution in [0.25, 0.3) is 0 Å². The summed E-state index contributed by atoms with van der Waals surface area (Å²) in [6.45, 7) is -3.85. The average Bonchev–Trinajstić information content (AvgIpc) is 1.56. The summed E-state index contributed by atoms with van der Waals surface area (Å²) in [7, 11) is 0. The molecule has 6 bridgehead atoms. The number of aliphatic hydroxyl groups excluding tert-OH is 1. The molecule has 0 spiro atoms. The second kappa shape index (κ2) is 29.1. The maximum atomic E-state index is 13.8. The molecule has 0 aliphatic carbocycles. The minimum absolute atomic E-state index is 0.0218. The third-order valence-electron chi connectivity index (χ3n) is 20.3. The van der Waals surface area contributed by atoms with Gasteiger partial charge >= 0.3 is 49.6 Å². The number of H-pyrrole nitrogens is 3. The van der Waals surface area contributed by atoms with Gasteiger partial charge in [-0.25, -0.2) is 19.2 Å². The fraction of sp³-hybridized carbons (Fsp3) is 0.638. The maximum absolute atomic E-state index is 13.8. The van der Waals surface area contributed by atoms with Crippen LogP contribution in [0.1, 0.15) is 101 Å². The van der Waals surface area contributed by atoms with E-state index in [0.29, 0.717) is 17.6 Å². The number of aryl methyl sites for hydroxylation is 4. The first kappa shape index (κ1) is 79.3. The number of nitrogens with two attached hydrogens (primary N) is 1. The summed E-state index contributed by atoms with van der Waals surface area (Å²) >= 11 is 22.7. The number of anilines is 1. The number of hydrogen-bond donors (Lipinski definition) is 10. The lowest BCUT2D eigenvalue weighted by Gasteiger charge is -2.41. The van der Waals surface area contributed by atoms with Crippen molar-refractivity contribution in [3.05, 3.63) is 144 Å². The Morgan fingerprint density at radius 3 is 1.48 bits per heavy atom. The first-order valence-corrected chi connectivity index (χ1v) is 43.4. The largest absolute Gasteiger partial charge is 0.387 e. The molecule has 11 N–H and O–H groups in total. The number of fused-ring (bicyclic) bond motifs is 6. The zero-order chi connectivity index (χ0) is 76.8. The van der Waals surface area contributed by atoms with Crippen LogP contribution in [0, 0.1) is 27.7 Å². The third kappa shape index (κ3) is 14.7. The minimum atomic E-state index is -4.86. The molecule has 8 saturated heterocycles. The third-order valence-corrected chi connectivity index (χ3v) is 26.5. The number of carbonyl (C=O) groups excluding carboxylic acids is 1. The van der Waals surface area contributed by atoms with Gasteiger partial charge in [-0.2, -0.15) is 4.98 Å².